The van der Waals surface area contributed by atoms with Crippen LogP contribution in [-0.2, 0) is 6.42 Å². The normalized spacial score (nSPS) is 10.5. The number of amides is 1. The third kappa shape index (κ3) is 3.73. The maximum atomic E-state index is 11.7. The van der Waals surface area contributed by atoms with Crippen molar-refractivity contribution in [2.24, 2.45) is 5.10 Å². The Balaban J connectivity index is 2.07. The topological polar surface area (TPSA) is 87.5 Å². The number of nitrogens with one attached hydrogen (secondary N) is 1. The Morgan fingerprint density at radius 2 is 2.29 bits per heavy atom. The lowest BCUT2D eigenvalue weighted by Crippen LogP contribution is -2.19. The molecule has 1 aromatic heterocycles. The van der Waals surface area contributed by atoms with Gasteiger partial charge < -0.3 is 5.11 Å². The van der Waals surface area contributed by atoms with E-state index in [0.29, 0.717) is 12.0 Å². The van der Waals surface area contributed by atoms with Gasteiger partial charge in [-0.15, -0.1) is 6.58 Å². The lowest BCUT2D eigenvalue weighted by atomic mass is 10.1. The van der Waals surface area contributed by atoms with Gasteiger partial charge >= 0.3 is 0 Å². The number of allylic oxidation sites excluding steroid dienone is 1. The zero-order valence-electron chi connectivity index (χ0n) is 11.2. The van der Waals surface area contributed by atoms with Crippen LogP contribution in [0, 0.1) is 0 Å². The van der Waals surface area contributed by atoms with E-state index in [1.807, 2.05) is 0 Å². The number of nitrogens with zero attached hydrogens (tertiary/aromatic N) is 3. The molecule has 0 aliphatic rings. The van der Waals surface area contributed by atoms with Gasteiger partial charge in [-0.25, -0.2) is 10.4 Å². The Bertz CT molecular complexity index is 669. The van der Waals surface area contributed by atoms with Gasteiger partial charge in [-0.3, -0.25) is 9.78 Å². The number of para-hydroxylation sites is 1. The highest BCUT2D eigenvalue weighted by molar-refractivity contribution is 5.93. The first-order valence-electron chi connectivity index (χ1n) is 6.23. The number of rotatable bonds is 5. The fourth-order valence-electron chi connectivity index (χ4n) is 1.67. The number of carbonyl (C=O) groups excluding carboxylic acids is 1. The third-order valence-electron chi connectivity index (χ3n) is 2.68. The van der Waals surface area contributed by atoms with Crippen molar-refractivity contribution in [1.82, 2.24) is 15.4 Å². The van der Waals surface area contributed by atoms with Gasteiger partial charge in [0.05, 0.1) is 12.4 Å². The van der Waals surface area contributed by atoms with Gasteiger partial charge in [-0.1, -0.05) is 18.2 Å². The summed E-state index contributed by atoms with van der Waals surface area (Å²) in [5.74, 6) is -0.351. The molecular formula is C15H14N4O2. The van der Waals surface area contributed by atoms with E-state index < -0.39 is 5.91 Å². The summed E-state index contributed by atoms with van der Waals surface area (Å²) < 4.78 is 0. The van der Waals surface area contributed by atoms with Crippen molar-refractivity contribution < 1.29 is 9.90 Å². The molecular weight excluding hydrogens is 268 g/mol. The molecule has 0 unspecified atom stereocenters. The van der Waals surface area contributed by atoms with E-state index in [4.69, 9.17) is 0 Å². The van der Waals surface area contributed by atoms with Crippen molar-refractivity contribution in [3.05, 3.63) is 66.3 Å². The quantitative estimate of drug-likeness (QED) is 0.496. The number of hydrogen-bond donors (Lipinski definition) is 2. The van der Waals surface area contributed by atoms with E-state index in [1.165, 1.54) is 24.8 Å². The number of phenols is 1. The number of phenolic OH excluding ortho intramolecular Hbond substituents is 1. The summed E-state index contributed by atoms with van der Waals surface area (Å²) >= 11 is 0. The summed E-state index contributed by atoms with van der Waals surface area (Å²) in [6.45, 7) is 3.63. The van der Waals surface area contributed by atoms with Crippen LogP contribution >= 0.6 is 0 Å². The fraction of sp³-hybridized carbons (Fsp3) is 0.0667. The molecule has 1 amide bonds. The first-order valence-corrected chi connectivity index (χ1v) is 6.23. The van der Waals surface area contributed by atoms with Gasteiger partial charge in [0.1, 0.15) is 11.4 Å². The highest BCUT2D eigenvalue weighted by Crippen LogP contribution is 2.21. The number of hydrogen-bond acceptors (Lipinski definition) is 5. The second-order valence-electron chi connectivity index (χ2n) is 4.14. The van der Waals surface area contributed by atoms with Crippen LogP contribution in [0.4, 0.5) is 0 Å². The first kappa shape index (κ1) is 14.4. The minimum atomic E-state index is -0.471. The summed E-state index contributed by atoms with van der Waals surface area (Å²) in [5, 5.41) is 13.8. The third-order valence-corrected chi connectivity index (χ3v) is 2.68. The number of aromatic nitrogens is 2. The average molecular weight is 282 g/mol. The molecule has 1 heterocycles. The van der Waals surface area contributed by atoms with Gasteiger partial charge in [0.2, 0.25) is 0 Å². The molecule has 0 spiro atoms. The van der Waals surface area contributed by atoms with Crippen LogP contribution in [0.1, 0.15) is 21.6 Å². The number of benzene rings is 1. The average Bonchev–Trinajstić information content (AvgIpc) is 2.52. The van der Waals surface area contributed by atoms with E-state index in [0.717, 1.165) is 5.56 Å². The first-order chi connectivity index (χ1) is 10.2. The smallest absolute Gasteiger partial charge is 0.291 e. The van der Waals surface area contributed by atoms with E-state index in [-0.39, 0.29) is 11.4 Å². The Hall–Kier alpha value is -3.02. The standard InChI is InChI=1S/C15H14N4O2/c1-2-4-11-5-3-6-12(14(11)20)9-18-19-15(21)13-10-16-7-8-17-13/h2-3,5-10,20H,1,4H2,(H,19,21). The van der Waals surface area contributed by atoms with Gasteiger partial charge in [0.25, 0.3) is 5.91 Å². The van der Waals surface area contributed by atoms with Crippen LogP contribution in [0.5, 0.6) is 5.75 Å². The maximum absolute atomic E-state index is 11.7. The van der Waals surface area contributed by atoms with Gasteiger partial charge in [0, 0.05) is 18.0 Å². The van der Waals surface area contributed by atoms with E-state index in [9.17, 15) is 9.90 Å². The van der Waals surface area contributed by atoms with Crippen molar-refractivity contribution >= 4 is 12.1 Å². The SMILES string of the molecule is C=CCc1cccc(C=NNC(=O)c2cnccn2)c1O. The number of hydrazone groups is 1. The molecule has 2 rings (SSSR count). The van der Waals surface area contributed by atoms with Crippen molar-refractivity contribution in [2.45, 2.75) is 6.42 Å². The molecule has 0 bridgehead atoms. The molecule has 0 atom stereocenters. The van der Waals surface area contributed by atoms with Crippen LogP contribution in [0.15, 0.2) is 54.5 Å². The van der Waals surface area contributed by atoms with Crippen molar-refractivity contribution in [3.63, 3.8) is 0 Å². The monoisotopic (exact) mass is 282 g/mol. The molecule has 2 aromatic rings. The Labute approximate surface area is 121 Å². The van der Waals surface area contributed by atoms with Crippen LogP contribution in [0.2, 0.25) is 0 Å². The van der Waals surface area contributed by atoms with Gasteiger partial charge in [0.15, 0.2) is 0 Å². The van der Waals surface area contributed by atoms with Crippen LogP contribution in [-0.4, -0.2) is 27.2 Å². The second-order valence-corrected chi connectivity index (χ2v) is 4.14. The summed E-state index contributed by atoms with van der Waals surface area (Å²) in [4.78, 5) is 19.3. The summed E-state index contributed by atoms with van der Waals surface area (Å²) in [6, 6.07) is 5.29. The number of carbonyl (C=O) groups is 1. The zero-order chi connectivity index (χ0) is 15.1. The highest BCUT2D eigenvalue weighted by Gasteiger charge is 2.06. The van der Waals surface area contributed by atoms with Crippen LogP contribution in [0.25, 0.3) is 0 Å². The maximum Gasteiger partial charge on any atom is 0.291 e. The second kappa shape index (κ2) is 6.95. The largest absolute Gasteiger partial charge is 0.507 e. The van der Waals surface area contributed by atoms with Gasteiger partial charge in [-0.05, 0) is 18.1 Å². The Morgan fingerprint density at radius 1 is 1.43 bits per heavy atom. The van der Waals surface area contributed by atoms with E-state index in [1.54, 1.807) is 24.3 Å². The molecule has 0 radical (unpaired) electrons. The summed E-state index contributed by atoms with van der Waals surface area (Å²) in [5.41, 5.74) is 3.74. The Morgan fingerprint density at radius 3 is 3.00 bits per heavy atom. The molecule has 0 saturated heterocycles. The molecule has 6 nitrogen and oxygen atoms in total. The number of aromatic hydroxyl groups is 1. The van der Waals surface area contributed by atoms with Crippen LogP contribution in [0.3, 0.4) is 0 Å². The van der Waals surface area contributed by atoms with Crippen molar-refractivity contribution in [1.29, 1.82) is 0 Å². The molecule has 0 aliphatic heterocycles. The molecule has 1 aromatic carbocycles. The minimum Gasteiger partial charge on any atom is -0.507 e. The van der Waals surface area contributed by atoms with Gasteiger partial charge in [-0.2, -0.15) is 5.10 Å². The molecule has 2 N–H and O–H groups in total. The molecule has 0 aliphatic carbocycles. The van der Waals surface area contributed by atoms with E-state index in [2.05, 4.69) is 27.1 Å². The van der Waals surface area contributed by atoms with E-state index >= 15 is 0 Å². The molecule has 21 heavy (non-hydrogen) atoms. The van der Waals surface area contributed by atoms with Crippen LogP contribution < -0.4 is 5.43 Å². The predicted molar refractivity (Wildman–Crippen MR) is 79.1 cm³/mol. The molecule has 106 valence electrons. The lowest BCUT2D eigenvalue weighted by Gasteiger charge is -2.04. The Kier molecular flexibility index (Phi) is 4.76. The predicted octanol–water partition coefficient (Wildman–Crippen LogP) is 1.67. The molecule has 6 heteroatoms. The minimum absolute atomic E-state index is 0.120. The van der Waals surface area contributed by atoms with Crippen molar-refractivity contribution in [3.8, 4) is 5.75 Å². The highest BCUT2D eigenvalue weighted by atomic mass is 16.3. The summed E-state index contributed by atoms with van der Waals surface area (Å²) in [6.07, 6.45) is 7.86. The zero-order valence-corrected chi connectivity index (χ0v) is 11.2. The van der Waals surface area contributed by atoms with Crippen molar-refractivity contribution in [2.75, 3.05) is 0 Å². The molecule has 0 fully saturated rings. The molecule has 0 saturated carbocycles. The fourth-order valence-corrected chi connectivity index (χ4v) is 1.67. The summed E-state index contributed by atoms with van der Waals surface area (Å²) in [7, 11) is 0. The lowest BCUT2D eigenvalue weighted by molar-refractivity contribution is 0.0949.